The van der Waals surface area contributed by atoms with Gasteiger partial charge in [-0.3, -0.25) is 0 Å². The molecule has 0 aromatic heterocycles. The molecule has 0 fully saturated rings. The summed E-state index contributed by atoms with van der Waals surface area (Å²) in [6.45, 7) is 2.11. The molecule has 2 aromatic rings. The third-order valence-electron chi connectivity index (χ3n) is 2.60. The second-order valence-electron chi connectivity index (χ2n) is 4.03. The highest BCUT2D eigenvalue weighted by molar-refractivity contribution is 6.43. The summed E-state index contributed by atoms with van der Waals surface area (Å²) in [4.78, 5) is 11.7. The van der Waals surface area contributed by atoms with Crippen LogP contribution in [0.25, 0.3) is 0 Å². The summed E-state index contributed by atoms with van der Waals surface area (Å²) in [6.07, 6.45) is 0. The number of nitrogens with one attached hydrogen (secondary N) is 1. The summed E-state index contributed by atoms with van der Waals surface area (Å²) in [6, 6.07) is 12.3. The van der Waals surface area contributed by atoms with Crippen LogP contribution in [0.5, 0.6) is 0 Å². The van der Waals surface area contributed by atoms with Gasteiger partial charge in [0.15, 0.2) is 0 Å². The van der Waals surface area contributed by atoms with E-state index in [0.29, 0.717) is 27.9 Å². The van der Waals surface area contributed by atoms with Gasteiger partial charge < -0.3 is 10.1 Å². The van der Waals surface area contributed by atoms with E-state index in [-0.39, 0.29) is 5.97 Å². The van der Waals surface area contributed by atoms with E-state index in [1.807, 2.05) is 12.1 Å². The molecule has 0 unspecified atom stereocenters. The van der Waals surface area contributed by atoms with Crippen molar-refractivity contribution in [3.63, 3.8) is 0 Å². The maximum atomic E-state index is 11.7. The molecule has 0 saturated heterocycles. The van der Waals surface area contributed by atoms with Crippen LogP contribution >= 0.6 is 23.2 Å². The Morgan fingerprint density at radius 1 is 1.20 bits per heavy atom. The molecule has 0 bridgehead atoms. The second kappa shape index (κ2) is 6.64. The molecule has 5 heteroatoms. The summed E-state index contributed by atoms with van der Waals surface area (Å²) in [5, 5.41) is 4.04. The molecular formula is C15H13Cl2NO2. The number of carbonyl (C=O) groups is 1. The number of ether oxygens (including phenoxy) is 1. The zero-order valence-corrected chi connectivity index (χ0v) is 12.3. The minimum Gasteiger partial charge on any atom is -0.462 e. The smallest absolute Gasteiger partial charge is 0.338 e. The molecule has 0 spiro atoms. The fourth-order valence-electron chi connectivity index (χ4n) is 1.69. The van der Waals surface area contributed by atoms with Gasteiger partial charge in [-0.2, -0.15) is 0 Å². The number of halogens is 2. The van der Waals surface area contributed by atoms with Gasteiger partial charge in [-0.1, -0.05) is 35.3 Å². The normalized spacial score (nSPS) is 10.2. The molecule has 2 rings (SSSR count). The average molecular weight is 310 g/mol. The molecule has 0 heterocycles. The summed E-state index contributed by atoms with van der Waals surface area (Å²) in [5.74, 6) is -0.353. The van der Waals surface area contributed by atoms with Crippen molar-refractivity contribution in [3.8, 4) is 0 Å². The number of rotatable bonds is 4. The first-order valence-electron chi connectivity index (χ1n) is 6.10. The third-order valence-corrected chi connectivity index (χ3v) is 3.42. The van der Waals surface area contributed by atoms with E-state index >= 15 is 0 Å². The van der Waals surface area contributed by atoms with E-state index in [2.05, 4.69) is 5.32 Å². The highest BCUT2D eigenvalue weighted by Crippen LogP contribution is 2.31. The lowest BCUT2D eigenvalue weighted by atomic mass is 10.2. The second-order valence-corrected chi connectivity index (χ2v) is 4.81. The predicted molar refractivity (Wildman–Crippen MR) is 82.1 cm³/mol. The summed E-state index contributed by atoms with van der Waals surface area (Å²) >= 11 is 12.1. The van der Waals surface area contributed by atoms with Gasteiger partial charge in [0.2, 0.25) is 0 Å². The van der Waals surface area contributed by atoms with Crippen molar-refractivity contribution in [2.75, 3.05) is 11.9 Å². The zero-order chi connectivity index (χ0) is 14.5. The van der Waals surface area contributed by atoms with Crippen molar-refractivity contribution in [2.24, 2.45) is 0 Å². The molecule has 0 aliphatic rings. The van der Waals surface area contributed by atoms with Crippen LogP contribution in [0.1, 0.15) is 17.3 Å². The lowest BCUT2D eigenvalue weighted by Crippen LogP contribution is -2.04. The Kier molecular flexibility index (Phi) is 4.88. The molecule has 0 saturated carbocycles. The number of esters is 1. The number of benzene rings is 2. The van der Waals surface area contributed by atoms with Crippen LogP contribution in [0, 0.1) is 0 Å². The number of anilines is 2. The van der Waals surface area contributed by atoms with E-state index in [0.717, 1.165) is 5.69 Å². The molecule has 104 valence electrons. The fraction of sp³-hybridized carbons (Fsp3) is 0.133. The SMILES string of the molecule is CCOC(=O)c1cccc(Nc2cccc(Cl)c2Cl)c1. The van der Waals surface area contributed by atoms with E-state index in [1.165, 1.54) is 0 Å². The van der Waals surface area contributed by atoms with Crippen LogP contribution in [0.3, 0.4) is 0 Å². The molecule has 2 aromatic carbocycles. The van der Waals surface area contributed by atoms with Gasteiger partial charge in [-0.25, -0.2) is 4.79 Å². The highest BCUT2D eigenvalue weighted by Gasteiger charge is 2.08. The predicted octanol–water partition coefficient (Wildman–Crippen LogP) is 4.91. The molecular weight excluding hydrogens is 297 g/mol. The van der Waals surface area contributed by atoms with Gasteiger partial charge in [0.1, 0.15) is 0 Å². The quantitative estimate of drug-likeness (QED) is 0.815. The molecule has 20 heavy (non-hydrogen) atoms. The molecule has 0 atom stereocenters. The Hall–Kier alpha value is -1.71. The summed E-state index contributed by atoms with van der Waals surface area (Å²) in [5.41, 5.74) is 1.90. The first kappa shape index (κ1) is 14.7. The Morgan fingerprint density at radius 2 is 1.95 bits per heavy atom. The summed E-state index contributed by atoms with van der Waals surface area (Å²) < 4.78 is 4.96. The standard InChI is InChI=1S/C15H13Cl2NO2/c1-2-20-15(19)10-5-3-6-11(9-10)18-13-8-4-7-12(16)14(13)17/h3-9,18H,2H2,1H3. The maximum absolute atomic E-state index is 11.7. The molecule has 0 radical (unpaired) electrons. The van der Waals surface area contributed by atoms with Gasteiger partial charge in [0.05, 0.1) is 27.9 Å². The fourth-order valence-corrected chi connectivity index (χ4v) is 2.04. The number of hydrogen-bond donors (Lipinski definition) is 1. The lowest BCUT2D eigenvalue weighted by Gasteiger charge is -2.10. The van der Waals surface area contributed by atoms with E-state index in [4.69, 9.17) is 27.9 Å². The monoisotopic (exact) mass is 309 g/mol. The van der Waals surface area contributed by atoms with Crippen LogP contribution < -0.4 is 5.32 Å². The Labute approximate surface area is 127 Å². The van der Waals surface area contributed by atoms with Gasteiger partial charge in [0.25, 0.3) is 0 Å². The van der Waals surface area contributed by atoms with Gasteiger partial charge in [0, 0.05) is 5.69 Å². The van der Waals surface area contributed by atoms with E-state index in [1.54, 1.807) is 37.3 Å². The minimum atomic E-state index is -0.353. The zero-order valence-electron chi connectivity index (χ0n) is 10.8. The number of carbonyl (C=O) groups excluding carboxylic acids is 1. The topological polar surface area (TPSA) is 38.3 Å². The molecule has 3 nitrogen and oxygen atoms in total. The van der Waals surface area contributed by atoms with Crippen molar-refractivity contribution in [3.05, 3.63) is 58.1 Å². The lowest BCUT2D eigenvalue weighted by molar-refractivity contribution is 0.0526. The van der Waals surface area contributed by atoms with Crippen molar-refractivity contribution < 1.29 is 9.53 Å². The van der Waals surface area contributed by atoms with E-state index in [9.17, 15) is 4.79 Å². The van der Waals surface area contributed by atoms with Crippen LogP contribution in [0.4, 0.5) is 11.4 Å². The Morgan fingerprint density at radius 3 is 2.70 bits per heavy atom. The van der Waals surface area contributed by atoms with E-state index < -0.39 is 0 Å². The van der Waals surface area contributed by atoms with Gasteiger partial charge in [-0.05, 0) is 37.3 Å². The van der Waals surface area contributed by atoms with Crippen molar-refractivity contribution in [1.82, 2.24) is 0 Å². The largest absolute Gasteiger partial charge is 0.462 e. The minimum absolute atomic E-state index is 0.344. The van der Waals surface area contributed by atoms with Crippen molar-refractivity contribution in [2.45, 2.75) is 6.92 Å². The van der Waals surface area contributed by atoms with Crippen molar-refractivity contribution >= 4 is 40.5 Å². The maximum Gasteiger partial charge on any atom is 0.338 e. The van der Waals surface area contributed by atoms with Crippen LogP contribution in [0.2, 0.25) is 10.0 Å². The Balaban J connectivity index is 2.24. The first-order chi connectivity index (χ1) is 9.61. The highest BCUT2D eigenvalue weighted by atomic mass is 35.5. The molecule has 0 amide bonds. The van der Waals surface area contributed by atoms with Crippen LogP contribution in [0.15, 0.2) is 42.5 Å². The van der Waals surface area contributed by atoms with Crippen molar-refractivity contribution in [1.29, 1.82) is 0 Å². The molecule has 1 N–H and O–H groups in total. The van der Waals surface area contributed by atoms with Crippen LogP contribution in [-0.2, 0) is 4.74 Å². The van der Waals surface area contributed by atoms with Gasteiger partial charge in [-0.15, -0.1) is 0 Å². The molecule has 0 aliphatic heterocycles. The average Bonchev–Trinajstić information content (AvgIpc) is 2.44. The van der Waals surface area contributed by atoms with Crippen LogP contribution in [-0.4, -0.2) is 12.6 Å². The summed E-state index contributed by atoms with van der Waals surface area (Å²) in [7, 11) is 0. The first-order valence-corrected chi connectivity index (χ1v) is 6.85. The Bertz CT molecular complexity index is 629. The number of hydrogen-bond acceptors (Lipinski definition) is 3. The molecule has 0 aliphatic carbocycles. The van der Waals surface area contributed by atoms with Gasteiger partial charge >= 0.3 is 5.97 Å². The third kappa shape index (κ3) is 3.44.